The number of aromatic hydroxyl groups is 1. The molecule has 192 valence electrons. The highest BCUT2D eigenvalue weighted by Crippen LogP contribution is 2.23. The van der Waals surface area contributed by atoms with Gasteiger partial charge in [-0.25, -0.2) is 4.79 Å². The second kappa shape index (κ2) is 12.1. The van der Waals surface area contributed by atoms with Gasteiger partial charge in [-0.1, -0.05) is 30.2 Å². The van der Waals surface area contributed by atoms with Gasteiger partial charge < -0.3 is 25.4 Å². The lowest BCUT2D eigenvalue weighted by molar-refractivity contribution is -0.141. The molecule has 2 rings (SSSR count). The zero-order valence-electron chi connectivity index (χ0n) is 21.7. The van der Waals surface area contributed by atoms with Gasteiger partial charge in [-0.15, -0.1) is 6.42 Å². The monoisotopic (exact) mass is 493 g/mol. The van der Waals surface area contributed by atoms with E-state index in [1.807, 2.05) is 13.8 Å². The molecule has 2 aromatic rings. The maximum atomic E-state index is 13.7. The molecule has 0 saturated heterocycles. The summed E-state index contributed by atoms with van der Waals surface area (Å²) in [6, 6.07) is 11.0. The summed E-state index contributed by atoms with van der Waals surface area (Å²) in [6.45, 7) is 8.83. The number of nitrogens with zero attached hydrogens (tertiary/aromatic N) is 1. The van der Waals surface area contributed by atoms with Crippen LogP contribution < -0.4 is 10.6 Å². The summed E-state index contributed by atoms with van der Waals surface area (Å²) in [5.41, 5.74) is 1.16. The van der Waals surface area contributed by atoms with E-state index in [0.717, 1.165) is 0 Å². The van der Waals surface area contributed by atoms with E-state index < -0.39 is 29.7 Å². The van der Waals surface area contributed by atoms with Gasteiger partial charge in [0.25, 0.3) is 0 Å². The van der Waals surface area contributed by atoms with E-state index in [2.05, 4.69) is 16.6 Å². The number of hydrogen-bond acceptors (Lipinski definition) is 5. The first kappa shape index (κ1) is 28.2. The van der Waals surface area contributed by atoms with Crippen molar-refractivity contribution in [3.63, 3.8) is 0 Å². The number of phenols is 1. The number of ether oxygens (including phenoxy) is 1. The Balaban J connectivity index is 2.41. The molecule has 2 unspecified atom stereocenters. The summed E-state index contributed by atoms with van der Waals surface area (Å²) < 4.78 is 5.37. The van der Waals surface area contributed by atoms with Gasteiger partial charge >= 0.3 is 6.09 Å². The number of benzene rings is 2. The van der Waals surface area contributed by atoms with E-state index in [0.29, 0.717) is 16.7 Å². The number of terminal acetylenes is 1. The molecule has 2 aromatic carbocycles. The molecule has 0 aliphatic heterocycles. The van der Waals surface area contributed by atoms with E-state index in [-0.39, 0.29) is 24.1 Å². The van der Waals surface area contributed by atoms with Crippen molar-refractivity contribution in [2.75, 3.05) is 7.05 Å². The van der Waals surface area contributed by atoms with Gasteiger partial charge in [0, 0.05) is 25.1 Å². The van der Waals surface area contributed by atoms with Crippen LogP contribution in [0.5, 0.6) is 5.75 Å². The number of phenolic OH excluding ortho intramolecular Hbond substituents is 1. The number of carbonyl (C=O) groups is 3. The Morgan fingerprint density at radius 3 is 2.11 bits per heavy atom. The smallest absolute Gasteiger partial charge is 0.408 e. The quantitative estimate of drug-likeness (QED) is 0.488. The number of amides is 3. The molecule has 0 spiro atoms. The summed E-state index contributed by atoms with van der Waals surface area (Å²) in [6.07, 6.45) is 4.83. The molecule has 3 N–H and O–H groups in total. The molecular weight excluding hydrogens is 458 g/mol. The van der Waals surface area contributed by atoms with Crippen molar-refractivity contribution in [1.82, 2.24) is 15.5 Å². The highest BCUT2D eigenvalue weighted by Gasteiger charge is 2.34. The number of carbonyl (C=O) groups excluding carboxylic acids is 3. The van der Waals surface area contributed by atoms with Crippen LogP contribution in [-0.4, -0.2) is 52.6 Å². The predicted molar refractivity (Wildman–Crippen MR) is 138 cm³/mol. The number of hydrogen-bond donors (Lipinski definition) is 3. The van der Waals surface area contributed by atoms with Crippen LogP contribution in [0.4, 0.5) is 4.79 Å². The number of alkyl carbamates (subject to hydrolysis) is 1. The van der Waals surface area contributed by atoms with Gasteiger partial charge in [0.1, 0.15) is 23.4 Å². The summed E-state index contributed by atoms with van der Waals surface area (Å²) in [5, 5.41) is 15.1. The normalized spacial score (nSPS) is 12.7. The Morgan fingerprint density at radius 2 is 1.61 bits per heavy atom. The Morgan fingerprint density at radius 1 is 1.03 bits per heavy atom. The van der Waals surface area contributed by atoms with Gasteiger partial charge in [0.2, 0.25) is 11.8 Å². The van der Waals surface area contributed by atoms with Gasteiger partial charge in [0.15, 0.2) is 0 Å². The standard InChI is InChI=1S/C28H35N3O5/c1-8-19-9-13-21(14-10-19)24(25(33)29-18(2)3)31(7)26(34)23(30-27(35)36-28(4,5)6)17-20-11-15-22(32)16-12-20/h1,9-16,18,23-24,32H,17H2,2-7H3,(H,29,33)(H,30,35). The van der Waals surface area contributed by atoms with Crippen molar-refractivity contribution in [1.29, 1.82) is 0 Å². The molecule has 0 aromatic heterocycles. The lowest BCUT2D eigenvalue weighted by Crippen LogP contribution is -2.53. The Hall–Kier alpha value is -3.99. The minimum absolute atomic E-state index is 0.0830. The van der Waals surface area contributed by atoms with Crippen molar-refractivity contribution in [3.05, 3.63) is 65.2 Å². The molecule has 0 saturated carbocycles. The van der Waals surface area contributed by atoms with Crippen molar-refractivity contribution in [2.24, 2.45) is 0 Å². The van der Waals surface area contributed by atoms with Crippen molar-refractivity contribution in [3.8, 4) is 18.1 Å². The van der Waals surface area contributed by atoms with Gasteiger partial charge in [-0.2, -0.15) is 0 Å². The first-order chi connectivity index (χ1) is 16.8. The molecule has 8 nitrogen and oxygen atoms in total. The van der Waals surface area contributed by atoms with E-state index in [4.69, 9.17) is 11.2 Å². The average molecular weight is 494 g/mol. The molecule has 0 heterocycles. The first-order valence-electron chi connectivity index (χ1n) is 11.7. The lowest BCUT2D eigenvalue weighted by Gasteiger charge is -2.32. The second-order valence-corrected chi connectivity index (χ2v) is 9.85. The average Bonchev–Trinajstić information content (AvgIpc) is 2.78. The first-order valence-corrected chi connectivity index (χ1v) is 11.7. The summed E-state index contributed by atoms with van der Waals surface area (Å²) in [7, 11) is 1.52. The minimum atomic E-state index is -1.03. The number of nitrogens with one attached hydrogen (secondary N) is 2. The van der Waals surface area contributed by atoms with E-state index in [9.17, 15) is 19.5 Å². The van der Waals surface area contributed by atoms with Crippen LogP contribution in [0.3, 0.4) is 0 Å². The highest BCUT2D eigenvalue weighted by atomic mass is 16.6. The van der Waals surface area contributed by atoms with Crippen LogP contribution >= 0.6 is 0 Å². The van der Waals surface area contributed by atoms with Gasteiger partial charge in [0.05, 0.1) is 0 Å². The van der Waals surface area contributed by atoms with Crippen LogP contribution in [0.15, 0.2) is 48.5 Å². The van der Waals surface area contributed by atoms with E-state index in [1.165, 1.54) is 24.1 Å². The third-order valence-electron chi connectivity index (χ3n) is 5.17. The van der Waals surface area contributed by atoms with Crippen molar-refractivity contribution in [2.45, 2.75) is 64.8 Å². The van der Waals surface area contributed by atoms with Crippen LogP contribution in [0.1, 0.15) is 57.4 Å². The maximum absolute atomic E-state index is 13.7. The second-order valence-electron chi connectivity index (χ2n) is 9.85. The zero-order valence-corrected chi connectivity index (χ0v) is 21.7. The molecule has 0 fully saturated rings. The SMILES string of the molecule is C#Cc1ccc(C(C(=O)NC(C)C)N(C)C(=O)C(Cc2ccc(O)cc2)NC(=O)OC(C)(C)C)cc1. The summed E-state index contributed by atoms with van der Waals surface area (Å²) >= 11 is 0. The number of rotatable bonds is 8. The van der Waals surface area contributed by atoms with Crippen LogP contribution in [0.25, 0.3) is 0 Å². The van der Waals surface area contributed by atoms with E-state index in [1.54, 1.807) is 57.2 Å². The Kier molecular flexibility index (Phi) is 9.51. The molecule has 0 aliphatic rings. The van der Waals surface area contributed by atoms with Gasteiger partial charge in [-0.3, -0.25) is 9.59 Å². The van der Waals surface area contributed by atoms with Crippen LogP contribution in [-0.2, 0) is 20.7 Å². The highest BCUT2D eigenvalue weighted by molar-refractivity contribution is 5.92. The van der Waals surface area contributed by atoms with Crippen LogP contribution in [0, 0.1) is 12.3 Å². The van der Waals surface area contributed by atoms with Crippen molar-refractivity contribution < 1.29 is 24.2 Å². The predicted octanol–water partition coefficient (Wildman–Crippen LogP) is 3.53. The fourth-order valence-electron chi connectivity index (χ4n) is 3.57. The molecule has 0 bridgehead atoms. The minimum Gasteiger partial charge on any atom is -0.508 e. The maximum Gasteiger partial charge on any atom is 0.408 e. The Bertz CT molecular complexity index is 1100. The molecular formula is C28H35N3O5. The van der Waals surface area contributed by atoms with Gasteiger partial charge in [-0.05, 0) is 70.0 Å². The Labute approximate surface area is 213 Å². The summed E-state index contributed by atoms with van der Waals surface area (Å²) in [4.78, 5) is 40.8. The molecule has 0 aliphatic carbocycles. The fraction of sp³-hybridized carbons (Fsp3) is 0.393. The molecule has 8 heteroatoms. The third-order valence-corrected chi connectivity index (χ3v) is 5.17. The molecule has 0 radical (unpaired) electrons. The molecule has 2 atom stereocenters. The molecule has 36 heavy (non-hydrogen) atoms. The fourth-order valence-corrected chi connectivity index (χ4v) is 3.57. The molecule has 3 amide bonds. The summed E-state index contributed by atoms with van der Waals surface area (Å²) in [5.74, 6) is 1.77. The lowest BCUT2D eigenvalue weighted by atomic mass is 10.00. The largest absolute Gasteiger partial charge is 0.508 e. The van der Waals surface area contributed by atoms with E-state index >= 15 is 0 Å². The number of likely N-dealkylation sites (N-methyl/N-ethyl adjacent to an activating group) is 1. The topological polar surface area (TPSA) is 108 Å². The zero-order chi connectivity index (χ0) is 27.0. The third kappa shape index (κ3) is 8.35. The van der Waals surface area contributed by atoms with Crippen LogP contribution in [0.2, 0.25) is 0 Å². The van der Waals surface area contributed by atoms with Crippen molar-refractivity contribution >= 4 is 17.9 Å².